The van der Waals surface area contributed by atoms with Crippen LogP contribution < -0.4 is 5.73 Å². The van der Waals surface area contributed by atoms with Gasteiger partial charge < -0.3 is 10.6 Å². The van der Waals surface area contributed by atoms with Crippen molar-refractivity contribution in [1.29, 1.82) is 0 Å². The Balaban J connectivity index is 1.97. The third-order valence-electron chi connectivity index (χ3n) is 3.63. The first-order valence-electron chi connectivity index (χ1n) is 6.09. The maximum Gasteiger partial charge on any atom is 0.225 e. The van der Waals surface area contributed by atoms with E-state index in [1.54, 1.807) is 0 Å². The zero-order chi connectivity index (χ0) is 12.9. The van der Waals surface area contributed by atoms with Gasteiger partial charge in [0.2, 0.25) is 5.91 Å². The predicted octanol–water partition coefficient (Wildman–Crippen LogP) is 2.87. The van der Waals surface area contributed by atoms with E-state index in [0.29, 0.717) is 17.5 Å². The van der Waals surface area contributed by atoms with Crippen LogP contribution in [0.15, 0.2) is 22.7 Å². The van der Waals surface area contributed by atoms with Crippen molar-refractivity contribution in [2.24, 2.45) is 5.73 Å². The van der Waals surface area contributed by atoms with E-state index in [0.717, 1.165) is 22.9 Å². The van der Waals surface area contributed by atoms with Crippen LogP contribution in [0.2, 0.25) is 5.02 Å². The van der Waals surface area contributed by atoms with Crippen molar-refractivity contribution in [3.05, 3.63) is 33.3 Å². The van der Waals surface area contributed by atoms with E-state index in [1.165, 1.54) is 0 Å². The number of carbonyl (C=O) groups excluding carboxylic acids is 1. The lowest BCUT2D eigenvalue weighted by Gasteiger charge is -2.27. The molecule has 1 aromatic rings. The minimum absolute atomic E-state index is 0.0180. The molecule has 1 saturated carbocycles. The number of hydrogen-bond acceptors (Lipinski definition) is 2. The summed E-state index contributed by atoms with van der Waals surface area (Å²) in [6, 6.07) is 6.06. The summed E-state index contributed by atoms with van der Waals surface area (Å²) in [5.74, 6) is 0.175. The third kappa shape index (κ3) is 2.06. The third-order valence-corrected chi connectivity index (χ3v) is 4.86. The number of hydrogen-bond donors (Lipinski definition) is 1. The minimum atomic E-state index is -0.129. The first-order valence-corrected chi connectivity index (χ1v) is 7.26. The number of likely N-dealkylation sites (tertiary alicyclic amines) is 1. The van der Waals surface area contributed by atoms with E-state index in [-0.39, 0.29) is 18.0 Å². The van der Waals surface area contributed by atoms with Gasteiger partial charge in [-0.1, -0.05) is 17.7 Å². The standard InChI is InChI=1S/C13H14BrClN2O/c14-9-4-1-7(5-10(9)15)13-11(16)6-12(18)17(13)8-2-3-8/h1,4-5,8,11,13H,2-3,6,16H2. The van der Waals surface area contributed by atoms with Crippen molar-refractivity contribution in [3.8, 4) is 0 Å². The van der Waals surface area contributed by atoms with Crippen LogP contribution in [0.5, 0.6) is 0 Å². The first kappa shape index (κ1) is 12.5. The van der Waals surface area contributed by atoms with Crippen molar-refractivity contribution in [2.45, 2.75) is 37.4 Å². The van der Waals surface area contributed by atoms with Gasteiger partial charge in [0.25, 0.3) is 0 Å². The molecule has 0 radical (unpaired) electrons. The molecule has 1 aromatic carbocycles. The molecule has 0 aromatic heterocycles. The summed E-state index contributed by atoms with van der Waals surface area (Å²) in [5.41, 5.74) is 7.16. The highest BCUT2D eigenvalue weighted by Crippen LogP contribution is 2.42. The fourth-order valence-corrected chi connectivity index (χ4v) is 3.10. The van der Waals surface area contributed by atoms with Crippen LogP contribution in [-0.2, 0) is 4.79 Å². The van der Waals surface area contributed by atoms with Crippen LogP contribution in [0, 0.1) is 0 Å². The van der Waals surface area contributed by atoms with E-state index in [1.807, 2.05) is 23.1 Å². The van der Waals surface area contributed by atoms with Gasteiger partial charge in [0, 0.05) is 23.0 Å². The lowest BCUT2D eigenvalue weighted by Crippen LogP contribution is -2.34. The average molecular weight is 330 g/mol. The fraction of sp³-hybridized carbons (Fsp3) is 0.462. The second kappa shape index (κ2) is 4.51. The topological polar surface area (TPSA) is 46.3 Å². The number of carbonyl (C=O) groups is 1. The highest BCUT2D eigenvalue weighted by Gasteiger charge is 2.45. The number of benzene rings is 1. The Kier molecular flexibility index (Phi) is 3.12. The summed E-state index contributed by atoms with van der Waals surface area (Å²) in [7, 11) is 0. The quantitative estimate of drug-likeness (QED) is 0.907. The molecule has 3 nitrogen and oxygen atoms in total. The molecule has 1 saturated heterocycles. The molecule has 96 valence electrons. The van der Waals surface area contributed by atoms with Crippen molar-refractivity contribution >= 4 is 33.4 Å². The Morgan fingerprint density at radius 3 is 2.72 bits per heavy atom. The maximum atomic E-state index is 12.0. The summed E-state index contributed by atoms with van der Waals surface area (Å²) in [6.45, 7) is 0. The Labute approximate surface area is 119 Å². The molecular formula is C13H14BrClN2O. The van der Waals surface area contributed by atoms with Crippen LogP contribution in [0.25, 0.3) is 0 Å². The maximum absolute atomic E-state index is 12.0. The Morgan fingerprint density at radius 1 is 1.39 bits per heavy atom. The fourth-order valence-electron chi connectivity index (χ4n) is 2.67. The second-order valence-electron chi connectivity index (χ2n) is 5.02. The van der Waals surface area contributed by atoms with Gasteiger partial charge >= 0.3 is 0 Å². The van der Waals surface area contributed by atoms with Crippen molar-refractivity contribution in [2.75, 3.05) is 0 Å². The molecule has 5 heteroatoms. The zero-order valence-corrected chi connectivity index (χ0v) is 12.1. The zero-order valence-electron chi connectivity index (χ0n) is 9.77. The summed E-state index contributed by atoms with van der Waals surface area (Å²) in [6.07, 6.45) is 2.63. The van der Waals surface area contributed by atoms with Crippen LogP contribution in [-0.4, -0.2) is 22.9 Å². The molecule has 1 aliphatic carbocycles. The van der Waals surface area contributed by atoms with Gasteiger partial charge in [-0.3, -0.25) is 4.79 Å². The molecule has 2 unspecified atom stereocenters. The largest absolute Gasteiger partial charge is 0.331 e. The molecule has 1 heterocycles. The lowest BCUT2D eigenvalue weighted by molar-refractivity contribution is -0.129. The predicted molar refractivity (Wildman–Crippen MR) is 74.4 cm³/mol. The van der Waals surface area contributed by atoms with E-state index in [2.05, 4.69) is 15.9 Å². The SMILES string of the molecule is NC1CC(=O)N(C2CC2)C1c1ccc(Br)c(Cl)c1. The number of halogens is 2. The summed E-state index contributed by atoms with van der Waals surface area (Å²) in [5, 5.41) is 0.662. The number of nitrogens with zero attached hydrogens (tertiary/aromatic N) is 1. The molecule has 3 rings (SSSR count). The van der Waals surface area contributed by atoms with Crippen molar-refractivity contribution in [1.82, 2.24) is 4.90 Å². The molecule has 1 amide bonds. The molecular weight excluding hydrogens is 316 g/mol. The molecule has 2 fully saturated rings. The molecule has 0 bridgehead atoms. The molecule has 2 N–H and O–H groups in total. The van der Waals surface area contributed by atoms with Crippen LogP contribution in [0.3, 0.4) is 0 Å². The van der Waals surface area contributed by atoms with E-state index >= 15 is 0 Å². The number of rotatable bonds is 2. The van der Waals surface area contributed by atoms with E-state index in [9.17, 15) is 4.79 Å². The Hall–Kier alpha value is -0.580. The van der Waals surface area contributed by atoms with Crippen LogP contribution in [0.4, 0.5) is 0 Å². The molecule has 2 atom stereocenters. The monoisotopic (exact) mass is 328 g/mol. The van der Waals surface area contributed by atoms with Gasteiger partial charge in [-0.15, -0.1) is 0 Å². The van der Waals surface area contributed by atoms with E-state index < -0.39 is 0 Å². The smallest absolute Gasteiger partial charge is 0.225 e. The van der Waals surface area contributed by atoms with Gasteiger partial charge in [0.1, 0.15) is 0 Å². The van der Waals surface area contributed by atoms with Gasteiger partial charge in [-0.05, 0) is 46.5 Å². The average Bonchev–Trinajstić information content (AvgIpc) is 3.09. The Morgan fingerprint density at radius 2 is 2.11 bits per heavy atom. The van der Waals surface area contributed by atoms with Crippen LogP contribution in [0.1, 0.15) is 30.9 Å². The molecule has 1 aliphatic heterocycles. The molecule has 18 heavy (non-hydrogen) atoms. The Bertz CT molecular complexity index is 504. The highest BCUT2D eigenvalue weighted by atomic mass is 79.9. The minimum Gasteiger partial charge on any atom is -0.331 e. The first-order chi connectivity index (χ1) is 8.58. The number of nitrogens with two attached hydrogens (primary N) is 1. The van der Waals surface area contributed by atoms with Gasteiger partial charge in [0.15, 0.2) is 0 Å². The van der Waals surface area contributed by atoms with Gasteiger partial charge in [-0.2, -0.15) is 0 Å². The lowest BCUT2D eigenvalue weighted by atomic mass is 10.0. The van der Waals surface area contributed by atoms with Crippen molar-refractivity contribution < 1.29 is 4.79 Å². The van der Waals surface area contributed by atoms with Crippen molar-refractivity contribution in [3.63, 3.8) is 0 Å². The highest BCUT2D eigenvalue weighted by molar-refractivity contribution is 9.10. The summed E-state index contributed by atoms with van der Waals surface area (Å²) in [4.78, 5) is 14.0. The molecule has 0 spiro atoms. The van der Waals surface area contributed by atoms with Crippen LogP contribution >= 0.6 is 27.5 Å². The second-order valence-corrected chi connectivity index (χ2v) is 6.28. The molecule has 2 aliphatic rings. The normalized spacial score (nSPS) is 27.9. The number of amides is 1. The van der Waals surface area contributed by atoms with Gasteiger partial charge in [0.05, 0.1) is 11.1 Å². The van der Waals surface area contributed by atoms with E-state index in [4.69, 9.17) is 17.3 Å². The van der Waals surface area contributed by atoms with Gasteiger partial charge in [-0.25, -0.2) is 0 Å². The summed E-state index contributed by atoms with van der Waals surface area (Å²) >= 11 is 9.51. The summed E-state index contributed by atoms with van der Waals surface area (Å²) < 4.78 is 0.865.